The van der Waals surface area contributed by atoms with E-state index in [0.29, 0.717) is 34.4 Å². The van der Waals surface area contributed by atoms with Gasteiger partial charge in [0.25, 0.3) is 0 Å². The lowest BCUT2D eigenvalue weighted by molar-refractivity contribution is 0.0858. The molecule has 10 heteroatoms. The Morgan fingerprint density at radius 2 is 1.82 bits per heavy atom. The number of ether oxygens (including phenoxy) is 1. The summed E-state index contributed by atoms with van der Waals surface area (Å²) in [6.07, 6.45) is 10.3. The molecule has 0 saturated carbocycles. The quantitative estimate of drug-likeness (QED) is 0.258. The topological polar surface area (TPSA) is 78.7 Å². The van der Waals surface area contributed by atoms with E-state index < -0.39 is 0 Å². The molecule has 38 heavy (non-hydrogen) atoms. The largest absolute Gasteiger partial charge is 0.492 e. The Morgan fingerprint density at radius 1 is 1.00 bits per heavy atom. The molecule has 204 valence electrons. The van der Waals surface area contributed by atoms with Crippen molar-refractivity contribution in [3.05, 3.63) is 60.3 Å². The lowest BCUT2D eigenvalue weighted by Crippen LogP contribution is -2.47. The molecule has 2 aliphatic rings. The summed E-state index contributed by atoms with van der Waals surface area (Å²) >= 11 is 0. The molecule has 0 atom stereocenters. The van der Waals surface area contributed by atoms with Crippen LogP contribution in [0.15, 0.2) is 64.6 Å². The van der Waals surface area contributed by atoms with E-state index in [-0.39, 0.29) is 24.8 Å². The SMILES string of the molecule is Cl.Cl.O/N=c1/cc(-c2cc3cccn3cn2)oc2ccc(OCCN3CCC(N4CCCCC4)CC3)cc12. The van der Waals surface area contributed by atoms with Gasteiger partial charge in [-0.1, -0.05) is 11.6 Å². The Morgan fingerprint density at radius 3 is 2.61 bits per heavy atom. The van der Waals surface area contributed by atoms with Gasteiger partial charge in [-0.05, 0) is 88.3 Å². The van der Waals surface area contributed by atoms with Crippen molar-refractivity contribution in [1.82, 2.24) is 19.2 Å². The maximum atomic E-state index is 9.71. The molecule has 5 heterocycles. The Labute approximate surface area is 234 Å². The van der Waals surface area contributed by atoms with Crippen LogP contribution < -0.4 is 10.1 Å². The highest BCUT2D eigenvalue weighted by Gasteiger charge is 2.25. The third kappa shape index (κ3) is 6.10. The maximum Gasteiger partial charge on any atom is 0.155 e. The van der Waals surface area contributed by atoms with Crippen molar-refractivity contribution >= 4 is 41.3 Å². The molecule has 2 fully saturated rings. The zero-order valence-corrected chi connectivity index (χ0v) is 23.0. The van der Waals surface area contributed by atoms with E-state index in [9.17, 15) is 5.21 Å². The molecular formula is C28H35Cl2N5O3. The normalized spacial score (nSPS) is 17.8. The number of hydrogen-bond donors (Lipinski definition) is 1. The number of nitrogens with zero attached hydrogens (tertiary/aromatic N) is 5. The molecule has 2 saturated heterocycles. The zero-order chi connectivity index (χ0) is 24.3. The average Bonchev–Trinajstić information content (AvgIpc) is 3.41. The van der Waals surface area contributed by atoms with E-state index in [1.165, 1.54) is 45.2 Å². The highest BCUT2D eigenvalue weighted by atomic mass is 35.5. The molecule has 0 amide bonds. The van der Waals surface area contributed by atoms with Gasteiger partial charge in [0.2, 0.25) is 0 Å². The highest BCUT2D eigenvalue weighted by molar-refractivity contribution is 5.85. The molecule has 0 radical (unpaired) electrons. The highest BCUT2D eigenvalue weighted by Crippen LogP contribution is 2.25. The van der Waals surface area contributed by atoms with Crippen LogP contribution in [-0.4, -0.2) is 69.8 Å². The summed E-state index contributed by atoms with van der Waals surface area (Å²) in [5.74, 6) is 1.28. The van der Waals surface area contributed by atoms with E-state index in [2.05, 4.69) is 19.9 Å². The molecule has 0 spiro atoms. The minimum atomic E-state index is 0. The standard InChI is InChI=1S/C28H33N5O3.2ClH/c34-30-25-19-28(26-17-22-5-4-12-33(22)20-29-26)36-27-7-6-23(18-24(25)27)35-16-15-31-13-8-21(9-14-31)32-10-2-1-3-11-32;;/h4-7,12,17-21,34H,1-3,8-11,13-16H2;2*1H/b30-25-;;. The maximum absolute atomic E-state index is 9.71. The van der Waals surface area contributed by atoms with Crippen LogP contribution in [-0.2, 0) is 0 Å². The van der Waals surface area contributed by atoms with Crippen molar-refractivity contribution in [2.45, 2.75) is 38.1 Å². The minimum Gasteiger partial charge on any atom is -0.492 e. The van der Waals surface area contributed by atoms with Crippen molar-refractivity contribution in [3.8, 4) is 17.2 Å². The first kappa shape index (κ1) is 28.2. The first-order valence-electron chi connectivity index (χ1n) is 13.1. The van der Waals surface area contributed by atoms with Gasteiger partial charge in [0, 0.05) is 30.4 Å². The molecule has 2 aliphatic heterocycles. The number of piperidine rings is 2. The minimum absolute atomic E-state index is 0. The van der Waals surface area contributed by atoms with E-state index in [1.54, 1.807) is 12.4 Å². The van der Waals surface area contributed by atoms with E-state index >= 15 is 0 Å². The predicted molar refractivity (Wildman–Crippen MR) is 153 cm³/mol. The molecule has 0 bridgehead atoms. The lowest BCUT2D eigenvalue weighted by atomic mass is 10.00. The third-order valence-electron chi connectivity index (χ3n) is 7.63. The summed E-state index contributed by atoms with van der Waals surface area (Å²) in [7, 11) is 0. The lowest BCUT2D eigenvalue weighted by Gasteiger charge is -2.40. The number of rotatable bonds is 6. The fourth-order valence-corrected chi connectivity index (χ4v) is 5.60. The Bertz CT molecular complexity index is 1410. The smallest absolute Gasteiger partial charge is 0.155 e. The van der Waals surface area contributed by atoms with Crippen molar-refractivity contribution in [1.29, 1.82) is 0 Å². The van der Waals surface area contributed by atoms with Crippen molar-refractivity contribution in [2.75, 3.05) is 39.3 Å². The second-order valence-electron chi connectivity index (χ2n) is 9.89. The summed E-state index contributed by atoms with van der Waals surface area (Å²) < 4.78 is 14.1. The van der Waals surface area contributed by atoms with Gasteiger partial charge in [0.1, 0.15) is 29.0 Å². The van der Waals surface area contributed by atoms with E-state index in [0.717, 1.165) is 36.9 Å². The average molecular weight is 561 g/mol. The Balaban J connectivity index is 0.00000168. The van der Waals surface area contributed by atoms with Gasteiger partial charge in [-0.25, -0.2) is 4.98 Å². The Hall–Kier alpha value is -2.78. The molecule has 3 aromatic heterocycles. The first-order valence-corrected chi connectivity index (χ1v) is 13.1. The number of likely N-dealkylation sites (tertiary alicyclic amines) is 2. The molecule has 0 aliphatic carbocycles. The van der Waals surface area contributed by atoms with Crippen molar-refractivity contribution < 1.29 is 14.4 Å². The summed E-state index contributed by atoms with van der Waals surface area (Å²) in [6, 6.07) is 14.0. The van der Waals surface area contributed by atoms with Gasteiger partial charge in [0.05, 0.1) is 11.7 Å². The Kier molecular flexibility index (Phi) is 9.54. The first-order chi connectivity index (χ1) is 17.8. The van der Waals surface area contributed by atoms with Gasteiger partial charge in [0.15, 0.2) is 5.76 Å². The summed E-state index contributed by atoms with van der Waals surface area (Å²) in [5, 5.41) is 14.3. The summed E-state index contributed by atoms with van der Waals surface area (Å²) in [5.41, 5.74) is 2.30. The molecule has 1 N–H and O–H groups in total. The molecule has 0 unspecified atom stereocenters. The number of aromatic nitrogens is 2. The second-order valence-corrected chi connectivity index (χ2v) is 9.89. The van der Waals surface area contributed by atoms with Crippen LogP contribution in [0.2, 0.25) is 0 Å². The van der Waals surface area contributed by atoms with Crippen LogP contribution in [0.3, 0.4) is 0 Å². The van der Waals surface area contributed by atoms with Crippen LogP contribution in [0.1, 0.15) is 32.1 Å². The van der Waals surface area contributed by atoms with Crippen LogP contribution >= 0.6 is 24.8 Å². The molecular weight excluding hydrogens is 525 g/mol. The van der Waals surface area contributed by atoms with Gasteiger partial charge in [-0.2, -0.15) is 0 Å². The number of fused-ring (bicyclic) bond motifs is 2. The van der Waals surface area contributed by atoms with Gasteiger partial charge >= 0.3 is 0 Å². The predicted octanol–water partition coefficient (Wildman–Crippen LogP) is 5.21. The van der Waals surface area contributed by atoms with E-state index in [4.69, 9.17) is 9.15 Å². The van der Waals surface area contributed by atoms with Crippen LogP contribution in [0, 0.1) is 0 Å². The number of halogens is 2. The van der Waals surface area contributed by atoms with Crippen molar-refractivity contribution in [3.63, 3.8) is 0 Å². The molecule has 1 aromatic carbocycles. The van der Waals surface area contributed by atoms with E-state index in [1.807, 2.05) is 47.0 Å². The summed E-state index contributed by atoms with van der Waals surface area (Å²) in [4.78, 5) is 9.70. The fraction of sp³-hybridized carbons (Fsp3) is 0.429. The van der Waals surface area contributed by atoms with Crippen LogP contribution in [0.4, 0.5) is 0 Å². The van der Waals surface area contributed by atoms with Gasteiger partial charge < -0.3 is 23.7 Å². The second kappa shape index (κ2) is 12.8. The summed E-state index contributed by atoms with van der Waals surface area (Å²) in [6.45, 7) is 6.39. The zero-order valence-electron chi connectivity index (χ0n) is 21.4. The molecule has 8 nitrogen and oxygen atoms in total. The fourth-order valence-electron chi connectivity index (χ4n) is 5.60. The van der Waals surface area contributed by atoms with Gasteiger partial charge in [-0.3, -0.25) is 4.90 Å². The number of benzene rings is 1. The van der Waals surface area contributed by atoms with Gasteiger partial charge in [-0.15, -0.1) is 24.8 Å². The van der Waals surface area contributed by atoms with Crippen LogP contribution in [0.5, 0.6) is 5.75 Å². The number of hydrogen-bond acceptors (Lipinski definition) is 7. The van der Waals surface area contributed by atoms with Crippen LogP contribution in [0.25, 0.3) is 27.9 Å². The third-order valence-corrected chi connectivity index (χ3v) is 7.63. The molecule has 4 aromatic rings. The molecule has 6 rings (SSSR count). The van der Waals surface area contributed by atoms with Crippen molar-refractivity contribution in [2.24, 2.45) is 5.16 Å². The monoisotopic (exact) mass is 559 g/mol.